The monoisotopic (exact) mass is 262 g/mol. The molecule has 0 saturated carbocycles. The van der Waals surface area contributed by atoms with Gasteiger partial charge in [-0.3, -0.25) is 0 Å². The normalized spacial score (nSPS) is 13.5. The van der Waals surface area contributed by atoms with E-state index in [1.54, 1.807) is 12.1 Å². The lowest BCUT2D eigenvalue weighted by atomic mass is 10.8. The summed E-state index contributed by atoms with van der Waals surface area (Å²) in [6.45, 7) is 0. The summed E-state index contributed by atoms with van der Waals surface area (Å²) in [6, 6.07) is 3.15. The topological polar surface area (TPSA) is 109 Å². The molecule has 2 heterocycles. The second-order valence-corrected chi connectivity index (χ2v) is 7.31. The Balaban J connectivity index is 2.14. The van der Waals surface area contributed by atoms with Crippen LogP contribution in [-0.2, 0) is 4.12 Å². The molecular formula is C8H6N4O3Si2. The zero-order valence-electron chi connectivity index (χ0n) is 8.48. The van der Waals surface area contributed by atoms with E-state index in [1.807, 2.05) is 0 Å². The van der Waals surface area contributed by atoms with Crippen LogP contribution in [0.15, 0.2) is 33.7 Å². The molecule has 0 radical (unpaired) electrons. The van der Waals surface area contributed by atoms with Crippen molar-refractivity contribution < 1.29 is 13.2 Å². The van der Waals surface area contributed by atoms with E-state index in [4.69, 9.17) is 14.6 Å². The second kappa shape index (κ2) is 5.22. The fraction of sp³-hybridized carbons (Fsp3) is 0. The number of hydrogen-bond donors (Lipinski definition) is 0. The van der Waals surface area contributed by atoms with Crippen LogP contribution in [0.2, 0.25) is 0 Å². The molecule has 0 aliphatic heterocycles. The van der Waals surface area contributed by atoms with E-state index < -0.39 is 18.1 Å². The van der Waals surface area contributed by atoms with Crippen molar-refractivity contribution in [2.75, 3.05) is 0 Å². The SMILES string of the molecule is N#C[SiH](O[SiH](C#N)c1ccon1)c1ccon1. The summed E-state index contributed by atoms with van der Waals surface area (Å²) in [5.74, 6) is 0. The third-order valence-electron chi connectivity index (χ3n) is 1.96. The fourth-order valence-electron chi connectivity index (χ4n) is 1.18. The van der Waals surface area contributed by atoms with Crippen molar-refractivity contribution in [1.82, 2.24) is 10.3 Å². The highest BCUT2D eigenvalue weighted by Gasteiger charge is 2.27. The Morgan fingerprint density at radius 3 is 1.76 bits per heavy atom. The summed E-state index contributed by atoms with van der Waals surface area (Å²) in [5, 5.41) is 26.3. The molecule has 0 aromatic carbocycles. The van der Waals surface area contributed by atoms with Gasteiger partial charge in [0, 0.05) is 12.1 Å². The zero-order valence-corrected chi connectivity index (χ0v) is 10.8. The van der Waals surface area contributed by atoms with Crippen LogP contribution < -0.4 is 10.6 Å². The van der Waals surface area contributed by atoms with Gasteiger partial charge in [0.1, 0.15) is 23.2 Å². The van der Waals surface area contributed by atoms with E-state index in [0.29, 0.717) is 10.6 Å². The molecule has 2 atom stereocenters. The molecule has 0 aliphatic carbocycles. The van der Waals surface area contributed by atoms with E-state index in [0.717, 1.165) is 0 Å². The minimum absolute atomic E-state index is 0.476. The van der Waals surface area contributed by atoms with Crippen molar-refractivity contribution in [3.63, 3.8) is 0 Å². The smallest absolute Gasteiger partial charge is 0.335 e. The molecule has 7 nitrogen and oxygen atoms in total. The Morgan fingerprint density at radius 2 is 1.47 bits per heavy atom. The summed E-state index contributed by atoms with van der Waals surface area (Å²) in [5.41, 5.74) is 4.10. The van der Waals surface area contributed by atoms with Crippen molar-refractivity contribution in [3.05, 3.63) is 24.7 Å². The number of hydrogen-bond acceptors (Lipinski definition) is 7. The van der Waals surface area contributed by atoms with Crippen molar-refractivity contribution >= 4 is 28.7 Å². The highest BCUT2D eigenvalue weighted by atomic mass is 28.4. The predicted molar refractivity (Wildman–Crippen MR) is 58.9 cm³/mol. The molecule has 0 spiro atoms. The molecule has 84 valence electrons. The van der Waals surface area contributed by atoms with Crippen LogP contribution in [0.4, 0.5) is 0 Å². The summed E-state index contributed by atoms with van der Waals surface area (Å²) >= 11 is 0. The van der Waals surface area contributed by atoms with Gasteiger partial charge in [-0.25, -0.2) is 10.5 Å². The predicted octanol–water partition coefficient (Wildman–Crippen LogP) is -1.63. The fourth-order valence-corrected chi connectivity index (χ4v) is 4.96. The van der Waals surface area contributed by atoms with Gasteiger partial charge < -0.3 is 13.2 Å². The summed E-state index contributed by atoms with van der Waals surface area (Å²) in [4.78, 5) is 0. The Labute approximate surface area is 99.2 Å². The number of aromatic nitrogens is 2. The molecule has 0 N–H and O–H groups in total. The number of nitriles is 2. The first-order valence-corrected chi connectivity index (χ1v) is 7.85. The van der Waals surface area contributed by atoms with E-state index >= 15 is 0 Å². The lowest BCUT2D eigenvalue weighted by Crippen LogP contribution is -2.44. The van der Waals surface area contributed by atoms with Crippen molar-refractivity contribution in [2.45, 2.75) is 0 Å². The average molecular weight is 262 g/mol. The van der Waals surface area contributed by atoms with Crippen LogP contribution in [0.5, 0.6) is 0 Å². The van der Waals surface area contributed by atoms with Gasteiger partial charge in [0.05, 0.1) is 11.4 Å². The molecule has 0 aliphatic rings. The van der Waals surface area contributed by atoms with Crippen LogP contribution in [0.3, 0.4) is 0 Å². The lowest BCUT2D eigenvalue weighted by Gasteiger charge is -2.08. The molecule has 0 bridgehead atoms. The quantitative estimate of drug-likeness (QED) is 0.608. The molecule has 2 unspecified atom stereocenters. The molecule has 0 amide bonds. The number of rotatable bonds is 4. The Kier molecular flexibility index (Phi) is 3.47. The molecule has 0 saturated heterocycles. The van der Waals surface area contributed by atoms with Gasteiger partial charge in [0.25, 0.3) is 0 Å². The maximum Gasteiger partial charge on any atom is 0.335 e. The molecule has 2 aromatic heterocycles. The minimum atomic E-state index is -2.38. The van der Waals surface area contributed by atoms with Crippen LogP contribution in [-0.4, -0.2) is 28.4 Å². The van der Waals surface area contributed by atoms with E-state index in [9.17, 15) is 0 Å². The Morgan fingerprint density at radius 1 is 1.00 bits per heavy atom. The van der Waals surface area contributed by atoms with Crippen LogP contribution in [0.1, 0.15) is 0 Å². The minimum Gasteiger partial charge on any atom is -0.431 e. The van der Waals surface area contributed by atoms with Crippen LogP contribution in [0, 0.1) is 21.9 Å². The molecule has 2 rings (SSSR count). The second-order valence-electron chi connectivity index (χ2n) is 3.00. The van der Waals surface area contributed by atoms with Gasteiger partial charge in [0.2, 0.25) is 0 Å². The van der Waals surface area contributed by atoms with Gasteiger partial charge in [0.15, 0.2) is 0 Å². The molecule has 9 heteroatoms. The summed E-state index contributed by atoms with van der Waals surface area (Å²) < 4.78 is 14.9. The maximum atomic E-state index is 9.01. The Bertz CT molecular complexity index is 492. The van der Waals surface area contributed by atoms with Gasteiger partial charge >= 0.3 is 18.1 Å². The van der Waals surface area contributed by atoms with Crippen LogP contribution in [0.25, 0.3) is 0 Å². The summed E-state index contributed by atoms with van der Waals surface area (Å²) in [7, 11) is -4.77. The van der Waals surface area contributed by atoms with E-state index in [-0.39, 0.29) is 0 Å². The first-order valence-electron chi connectivity index (χ1n) is 4.60. The molecule has 0 fully saturated rings. The molecule has 17 heavy (non-hydrogen) atoms. The first kappa shape index (κ1) is 11.3. The first-order chi connectivity index (χ1) is 8.35. The van der Waals surface area contributed by atoms with Gasteiger partial charge in [-0.05, 0) is 0 Å². The maximum absolute atomic E-state index is 9.01. The van der Waals surface area contributed by atoms with E-state index in [2.05, 4.69) is 30.7 Å². The zero-order chi connectivity index (χ0) is 12.1. The standard InChI is InChI=1S/C8H6N4O3Si2/c9-5-16(7-1-3-13-11-7)15-17(6-10)8-2-4-14-12-8/h1-4,16-17H. The highest BCUT2D eigenvalue weighted by Crippen LogP contribution is 1.93. The van der Waals surface area contributed by atoms with Gasteiger partial charge in [-0.2, -0.15) is 0 Å². The third-order valence-corrected chi connectivity index (χ3v) is 6.28. The largest absolute Gasteiger partial charge is 0.431 e. The Hall–Kier alpha value is -2.21. The number of nitrogens with zero attached hydrogens (tertiary/aromatic N) is 4. The van der Waals surface area contributed by atoms with Crippen molar-refractivity contribution in [1.29, 1.82) is 10.5 Å². The van der Waals surface area contributed by atoms with Gasteiger partial charge in [-0.15, -0.1) is 0 Å². The van der Waals surface area contributed by atoms with Gasteiger partial charge in [-0.1, -0.05) is 10.3 Å². The van der Waals surface area contributed by atoms with E-state index in [1.165, 1.54) is 12.5 Å². The molecule has 2 aromatic rings. The summed E-state index contributed by atoms with van der Waals surface area (Å²) in [6.07, 6.45) is 2.74. The lowest BCUT2D eigenvalue weighted by molar-refractivity contribution is 0.422. The third kappa shape index (κ3) is 2.48. The highest BCUT2D eigenvalue weighted by molar-refractivity contribution is 6.86. The van der Waals surface area contributed by atoms with Crippen LogP contribution >= 0.6 is 0 Å². The van der Waals surface area contributed by atoms with Crippen molar-refractivity contribution in [2.24, 2.45) is 0 Å². The molecular weight excluding hydrogens is 256 g/mol. The average Bonchev–Trinajstić information content (AvgIpc) is 3.03. The van der Waals surface area contributed by atoms with Crippen molar-refractivity contribution in [3.8, 4) is 11.4 Å².